The standard InChI is InChI=1S/C15H20N4O2/c1-10-14(11(2)19(3)18-10)8-17-12-4-6-13(7-5-12)21-9-15(16)20/h4-7,17H,8-9H2,1-3H3,(H2,16,20). The fraction of sp³-hybridized carbons (Fsp3) is 0.333. The highest BCUT2D eigenvalue weighted by molar-refractivity contribution is 5.75. The van der Waals surface area contributed by atoms with Crippen LogP contribution in [-0.2, 0) is 18.4 Å². The molecule has 2 rings (SSSR count). The molecule has 1 heterocycles. The molecule has 0 aliphatic carbocycles. The summed E-state index contributed by atoms with van der Waals surface area (Å²) in [5.74, 6) is 0.132. The Morgan fingerprint density at radius 3 is 2.52 bits per heavy atom. The number of nitrogens with two attached hydrogens (primary N) is 1. The average Bonchev–Trinajstić information content (AvgIpc) is 2.69. The van der Waals surface area contributed by atoms with E-state index in [1.807, 2.05) is 30.8 Å². The molecule has 0 bridgehead atoms. The van der Waals surface area contributed by atoms with E-state index in [1.54, 1.807) is 12.1 Å². The lowest BCUT2D eigenvalue weighted by molar-refractivity contribution is -0.119. The Morgan fingerprint density at radius 1 is 1.33 bits per heavy atom. The van der Waals surface area contributed by atoms with Crippen molar-refractivity contribution >= 4 is 11.6 Å². The number of aromatic nitrogens is 2. The predicted molar refractivity (Wildman–Crippen MR) is 81.1 cm³/mol. The second-order valence-corrected chi connectivity index (χ2v) is 4.91. The molecule has 0 saturated heterocycles. The van der Waals surface area contributed by atoms with Crippen LogP contribution in [0.2, 0.25) is 0 Å². The maximum Gasteiger partial charge on any atom is 0.255 e. The first kappa shape index (κ1) is 14.9. The first-order valence-electron chi connectivity index (χ1n) is 6.71. The molecule has 0 fully saturated rings. The van der Waals surface area contributed by atoms with Crippen LogP contribution >= 0.6 is 0 Å². The highest BCUT2D eigenvalue weighted by Gasteiger charge is 2.08. The smallest absolute Gasteiger partial charge is 0.255 e. The Labute approximate surface area is 123 Å². The molecule has 1 aromatic carbocycles. The number of aryl methyl sites for hydroxylation is 2. The minimum Gasteiger partial charge on any atom is -0.484 e. The minimum absolute atomic E-state index is 0.110. The van der Waals surface area contributed by atoms with E-state index in [0.29, 0.717) is 12.3 Å². The highest BCUT2D eigenvalue weighted by atomic mass is 16.5. The van der Waals surface area contributed by atoms with Crippen LogP contribution in [0.15, 0.2) is 24.3 Å². The van der Waals surface area contributed by atoms with Gasteiger partial charge in [-0.25, -0.2) is 0 Å². The molecule has 0 aliphatic heterocycles. The molecule has 3 N–H and O–H groups in total. The van der Waals surface area contributed by atoms with Gasteiger partial charge in [0.15, 0.2) is 6.61 Å². The van der Waals surface area contributed by atoms with Crippen molar-refractivity contribution in [1.29, 1.82) is 0 Å². The molecule has 0 unspecified atom stereocenters. The Hall–Kier alpha value is -2.50. The summed E-state index contributed by atoms with van der Waals surface area (Å²) < 4.78 is 7.09. The Kier molecular flexibility index (Phi) is 4.47. The number of amides is 1. The molecule has 2 aromatic rings. The first-order chi connectivity index (χ1) is 9.97. The lowest BCUT2D eigenvalue weighted by Gasteiger charge is -2.08. The van der Waals surface area contributed by atoms with Gasteiger partial charge in [-0.05, 0) is 38.1 Å². The van der Waals surface area contributed by atoms with E-state index < -0.39 is 5.91 Å². The molecule has 1 amide bonds. The molecule has 6 heteroatoms. The lowest BCUT2D eigenvalue weighted by atomic mass is 10.2. The molecular weight excluding hydrogens is 268 g/mol. The lowest BCUT2D eigenvalue weighted by Crippen LogP contribution is -2.19. The first-order valence-corrected chi connectivity index (χ1v) is 6.71. The van der Waals surface area contributed by atoms with E-state index in [9.17, 15) is 4.79 Å². The number of carbonyl (C=O) groups is 1. The van der Waals surface area contributed by atoms with Crippen molar-refractivity contribution in [1.82, 2.24) is 9.78 Å². The monoisotopic (exact) mass is 288 g/mol. The minimum atomic E-state index is -0.486. The van der Waals surface area contributed by atoms with Gasteiger partial charge in [0.2, 0.25) is 0 Å². The van der Waals surface area contributed by atoms with Gasteiger partial charge < -0.3 is 15.8 Å². The van der Waals surface area contributed by atoms with E-state index in [0.717, 1.165) is 17.1 Å². The van der Waals surface area contributed by atoms with Crippen LogP contribution in [-0.4, -0.2) is 22.3 Å². The molecule has 112 valence electrons. The number of nitrogens with zero attached hydrogens (tertiary/aromatic N) is 2. The van der Waals surface area contributed by atoms with Gasteiger partial charge in [-0.1, -0.05) is 0 Å². The normalized spacial score (nSPS) is 10.4. The van der Waals surface area contributed by atoms with E-state index in [1.165, 1.54) is 5.56 Å². The number of anilines is 1. The maximum absolute atomic E-state index is 10.6. The summed E-state index contributed by atoms with van der Waals surface area (Å²) in [7, 11) is 1.94. The van der Waals surface area contributed by atoms with Crippen molar-refractivity contribution in [2.24, 2.45) is 12.8 Å². The van der Waals surface area contributed by atoms with Gasteiger partial charge in [0.1, 0.15) is 5.75 Å². The van der Waals surface area contributed by atoms with Crippen molar-refractivity contribution in [3.05, 3.63) is 41.2 Å². The van der Waals surface area contributed by atoms with Crippen molar-refractivity contribution in [3.8, 4) is 5.75 Å². The number of nitrogens with one attached hydrogen (secondary N) is 1. The van der Waals surface area contributed by atoms with Crippen molar-refractivity contribution < 1.29 is 9.53 Å². The van der Waals surface area contributed by atoms with E-state index in [4.69, 9.17) is 10.5 Å². The number of hydrogen-bond acceptors (Lipinski definition) is 4. The molecule has 0 radical (unpaired) electrons. The Morgan fingerprint density at radius 2 is 2.00 bits per heavy atom. The third-order valence-corrected chi connectivity index (χ3v) is 3.36. The topological polar surface area (TPSA) is 82.2 Å². The molecule has 6 nitrogen and oxygen atoms in total. The van der Waals surface area contributed by atoms with Crippen LogP contribution in [0.4, 0.5) is 5.69 Å². The molecule has 0 spiro atoms. The number of benzene rings is 1. The van der Waals surface area contributed by atoms with Crippen LogP contribution in [0.1, 0.15) is 17.0 Å². The fourth-order valence-corrected chi connectivity index (χ4v) is 2.09. The largest absolute Gasteiger partial charge is 0.484 e. The van der Waals surface area contributed by atoms with Crippen molar-refractivity contribution in [2.75, 3.05) is 11.9 Å². The predicted octanol–water partition coefficient (Wildman–Crippen LogP) is 1.51. The van der Waals surface area contributed by atoms with Gasteiger partial charge in [-0.2, -0.15) is 5.10 Å². The number of hydrogen-bond donors (Lipinski definition) is 2. The molecule has 1 aromatic heterocycles. The second kappa shape index (κ2) is 6.30. The average molecular weight is 288 g/mol. The van der Waals surface area contributed by atoms with Gasteiger partial charge >= 0.3 is 0 Å². The zero-order valence-electron chi connectivity index (χ0n) is 12.5. The SMILES string of the molecule is Cc1nn(C)c(C)c1CNc1ccc(OCC(N)=O)cc1. The Bertz CT molecular complexity index is 632. The number of rotatable bonds is 6. The van der Waals surface area contributed by atoms with Gasteiger partial charge in [0.05, 0.1) is 5.69 Å². The summed E-state index contributed by atoms with van der Waals surface area (Å²) >= 11 is 0. The number of ether oxygens (including phenoxy) is 1. The third-order valence-electron chi connectivity index (χ3n) is 3.36. The Balaban J connectivity index is 1.96. The summed E-state index contributed by atoms with van der Waals surface area (Å²) in [4.78, 5) is 10.6. The zero-order valence-corrected chi connectivity index (χ0v) is 12.5. The summed E-state index contributed by atoms with van der Waals surface area (Å²) in [6.07, 6.45) is 0. The number of carbonyl (C=O) groups excluding carboxylic acids is 1. The summed E-state index contributed by atoms with van der Waals surface area (Å²) in [5.41, 5.74) is 9.39. The van der Waals surface area contributed by atoms with E-state index in [2.05, 4.69) is 17.3 Å². The molecule has 21 heavy (non-hydrogen) atoms. The summed E-state index contributed by atoms with van der Waals surface area (Å²) in [6, 6.07) is 7.40. The fourth-order valence-electron chi connectivity index (χ4n) is 2.09. The summed E-state index contributed by atoms with van der Waals surface area (Å²) in [5, 5.41) is 7.74. The second-order valence-electron chi connectivity index (χ2n) is 4.91. The van der Waals surface area contributed by atoms with E-state index in [-0.39, 0.29) is 6.61 Å². The van der Waals surface area contributed by atoms with Gasteiger partial charge in [0, 0.05) is 30.5 Å². The third kappa shape index (κ3) is 3.75. The van der Waals surface area contributed by atoms with Gasteiger partial charge in [0.25, 0.3) is 5.91 Å². The maximum atomic E-state index is 10.6. The van der Waals surface area contributed by atoms with Crippen LogP contribution in [0.25, 0.3) is 0 Å². The van der Waals surface area contributed by atoms with Crippen LogP contribution in [0, 0.1) is 13.8 Å². The zero-order chi connectivity index (χ0) is 15.4. The molecular formula is C15H20N4O2. The van der Waals surface area contributed by atoms with Crippen LogP contribution in [0.3, 0.4) is 0 Å². The highest BCUT2D eigenvalue weighted by Crippen LogP contribution is 2.18. The van der Waals surface area contributed by atoms with Crippen molar-refractivity contribution in [3.63, 3.8) is 0 Å². The molecule has 0 aliphatic rings. The van der Waals surface area contributed by atoms with Crippen LogP contribution < -0.4 is 15.8 Å². The van der Waals surface area contributed by atoms with Crippen molar-refractivity contribution in [2.45, 2.75) is 20.4 Å². The van der Waals surface area contributed by atoms with Gasteiger partial charge in [-0.15, -0.1) is 0 Å². The van der Waals surface area contributed by atoms with E-state index >= 15 is 0 Å². The number of primary amides is 1. The molecule has 0 saturated carbocycles. The van der Waals surface area contributed by atoms with Crippen LogP contribution in [0.5, 0.6) is 5.75 Å². The summed E-state index contributed by atoms with van der Waals surface area (Å²) in [6.45, 7) is 4.66. The molecule has 0 atom stereocenters. The van der Waals surface area contributed by atoms with Gasteiger partial charge in [-0.3, -0.25) is 9.48 Å². The quantitative estimate of drug-likeness (QED) is 0.844.